The van der Waals surface area contributed by atoms with Gasteiger partial charge in [-0.25, -0.2) is 9.59 Å². The number of thioether (sulfide) groups is 1. The summed E-state index contributed by atoms with van der Waals surface area (Å²) in [4.78, 5) is 36.1. The molecule has 0 aromatic heterocycles. The third-order valence-electron chi connectivity index (χ3n) is 3.77. The van der Waals surface area contributed by atoms with Crippen LogP contribution in [0.25, 0.3) is 0 Å². The summed E-state index contributed by atoms with van der Waals surface area (Å²) in [6.45, 7) is 5.20. The monoisotopic (exact) mass is 331 g/mol. The SMILES string of the molecule is COC(=O)[C@H]1[C@@H]2SC[C@@](NC(=O)OC(C)(C)C)(C(=O)OC)[C@@H]21. The molecule has 1 N–H and O–H groups in total. The molecule has 2 aliphatic rings. The normalized spacial score (nSPS) is 32.7. The lowest BCUT2D eigenvalue weighted by atomic mass is 9.94. The summed E-state index contributed by atoms with van der Waals surface area (Å²) in [5, 5.41) is 2.60. The minimum Gasteiger partial charge on any atom is -0.469 e. The predicted molar refractivity (Wildman–Crippen MR) is 79.4 cm³/mol. The molecule has 0 aromatic carbocycles. The van der Waals surface area contributed by atoms with E-state index in [-0.39, 0.29) is 17.1 Å². The Hall–Kier alpha value is -1.44. The largest absolute Gasteiger partial charge is 0.469 e. The molecule has 0 unspecified atom stereocenters. The number of alkyl carbamates (subject to hydrolysis) is 1. The van der Waals surface area contributed by atoms with Crippen molar-refractivity contribution in [2.75, 3.05) is 20.0 Å². The Morgan fingerprint density at radius 2 is 1.82 bits per heavy atom. The molecule has 22 heavy (non-hydrogen) atoms. The molecule has 0 bridgehead atoms. The molecule has 2 rings (SSSR count). The van der Waals surface area contributed by atoms with Gasteiger partial charge in [-0.05, 0) is 20.8 Å². The Morgan fingerprint density at radius 3 is 2.32 bits per heavy atom. The van der Waals surface area contributed by atoms with Gasteiger partial charge in [0.15, 0.2) is 5.54 Å². The summed E-state index contributed by atoms with van der Waals surface area (Å²) in [5.41, 5.74) is -1.93. The highest BCUT2D eigenvalue weighted by molar-refractivity contribution is 8.00. The molecule has 4 atom stereocenters. The highest BCUT2D eigenvalue weighted by Crippen LogP contribution is 2.61. The van der Waals surface area contributed by atoms with Gasteiger partial charge in [-0.2, -0.15) is 11.8 Å². The van der Waals surface area contributed by atoms with E-state index >= 15 is 0 Å². The molecule has 2 fully saturated rings. The van der Waals surface area contributed by atoms with Crippen LogP contribution in [0.1, 0.15) is 20.8 Å². The van der Waals surface area contributed by atoms with Crippen molar-refractivity contribution in [1.29, 1.82) is 0 Å². The first-order valence-corrected chi connectivity index (χ1v) is 8.00. The summed E-state index contributed by atoms with van der Waals surface area (Å²) < 4.78 is 14.8. The second-order valence-corrected chi connectivity index (χ2v) is 7.61. The van der Waals surface area contributed by atoms with Crippen molar-refractivity contribution >= 4 is 29.8 Å². The summed E-state index contributed by atoms with van der Waals surface area (Å²) >= 11 is 1.46. The highest BCUT2D eigenvalue weighted by Gasteiger charge is 2.73. The first kappa shape index (κ1) is 16.9. The minimum atomic E-state index is -1.24. The van der Waals surface area contributed by atoms with Crippen molar-refractivity contribution in [3.8, 4) is 0 Å². The van der Waals surface area contributed by atoms with Gasteiger partial charge in [0, 0.05) is 16.9 Å². The van der Waals surface area contributed by atoms with Crippen molar-refractivity contribution in [3.05, 3.63) is 0 Å². The minimum absolute atomic E-state index is 0.0403. The summed E-state index contributed by atoms with van der Waals surface area (Å²) in [5.74, 6) is -1.32. The fraction of sp³-hybridized carbons (Fsp3) is 0.786. The lowest BCUT2D eigenvalue weighted by molar-refractivity contribution is -0.149. The standard InChI is InChI=1S/C14H21NO6S/c1-13(2,3)21-12(18)15-14(11(17)20-5)6-22-9-7(8(9)14)10(16)19-4/h7-9H,6H2,1-5H3,(H,15,18)/t7-,8-,9+,14+/m1/s1. The summed E-state index contributed by atoms with van der Waals surface area (Å²) in [6, 6.07) is 0. The zero-order valence-electron chi connectivity index (χ0n) is 13.3. The van der Waals surface area contributed by atoms with Crippen LogP contribution in [0.2, 0.25) is 0 Å². The Labute approximate surface area is 133 Å². The van der Waals surface area contributed by atoms with E-state index in [1.807, 2.05) is 0 Å². The van der Waals surface area contributed by atoms with E-state index in [0.29, 0.717) is 5.75 Å². The van der Waals surface area contributed by atoms with Gasteiger partial charge < -0.3 is 19.5 Å². The topological polar surface area (TPSA) is 90.9 Å². The quantitative estimate of drug-likeness (QED) is 0.608. The number of amides is 1. The molecule has 0 aromatic rings. The fourth-order valence-corrected chi connectivity index (χ4v) is 4.70. The number of hydrogen-bond donors (Lipinski definition) is 1. The predicted octanol–water partition coefficient (Wildman–Crippen LogP) is 0.957. The molecule has 8 heteroatoms. The summed E-state index contributed by atoms with van der Waals surface area (Å²) in [7, 11) is 2.57. The van der Waals surface area contributed by atoms with Crippen LogP contribution >= 0.6 is 11.8 Å². The lowest BCUT2D eigenvalue weighted by Gasteiger charge is -2.31. The molecule has 1 aliphatic carbocycles. The number of fused-ring (bicyclic) bond motifs is 1. The highest BCUT2D eigenvalue weighted by atomic mass is 32.2. The Balaban J connectivity index is 2.19. The van der Waals surface area contributed by atoms with Gasteiger partial charge in [0.25, 0.3) is 0 Å². The van der Waals surface area contributed by atoms with Crippen molar-refractivity contribution in [1.82, 2.24) is 5.32 Å². The van der Waals surface area contributed by atoms with Crippen LogP contribution in [0, 0.1) is 11.8 Å². The van der Waals surface area contributed by atoms with Crippen molar-refractivity contribution < 1.29 is 28.6 Å². The van der Waals surface area contributed by atoms with Crippen LogP contribution in [-0.2, 0) is 23.8 Å². The van der Waals surface area contributed by atoms with Crippen LogP contribution < -0.4 is 5.32 Å². The van der Waals surface area contributed by atoms with E-state index in [1.54, 1.807) is 20.8 Å². The van der Waals surface area contributed by atoms with Crippen LogP contribution in [0.15, 0.2) is 0 Å². The van der Waals surface area contributed by atoms with Crippen molar-refractivity contribution in [2.45, 2.75) is 37.2 Å². The molecule has 0 spiro atoms. The van der Waals surface area contributed by atoms with E-state index in [9.17, 15) is 14.4 Å². The Bertz CT molecular complexity index is 502. The molecular formula is C14H21NO6S. The van der Waals surface area contributed by atoms with Gasteiger partial charge in [-0.1, -0.05) is 0 Å². The van der Waals surface area contributed by atoms with Gasteiger partial charge in [-0.15, -0.1) is 0 Å². The molecule has 7 nitrogen and oxygen atoms in total. The number of ether oxygens (including phenoxy) is 3. The average Bonchev–Trinajstić information content (AvgIpc) is 3.04. The number of rotatable bonds is 3. The maximum atomic E-state index is 12.3. The van der Waals surface area contributed by atoms with E-state index in [4.69, 9.17) is 14.2 Å². The molecule has 1 heterocycles. The van der Waals surface area contributed by atoms with Gasteiger partial charge >= 0.3 is 18.0 Å². The van der Waals surface area contributed by atoms with Crippen molar-refractivity contribution in [2.24, 2.45) is 11.8 Å². The van der Waals surface area contributed by atoms with E-state index < -0.39 is 29.1 Å². The fourth-order valence-electron chi connectivity index (χ4n) is 2.85. The van der Waals surface area contributed by atoms with Crippen LogP contribution in [0.5, 0.6) is 0 Å². The average molecular weight is 331 g/mol. The van der Waals surface area contributed by atoms with Crippen LogP contribution in [0.4, 0.5) is 4.79 Å². The van der Waals surface area contributed by atoms with Gasteiger partial charge in [0.2, 0.25) is 0 Å². The molecular weight excluding hydrogens is 310 g/mol. The molecule has 1 saturated heterocycles. The second-order valence-electron chi connectivity index (χ2n) is 6.44. The third-order valence-corrected chi connectivity index (χ3v) is 5.37. The second kappa shape index (κ2) is 5.64. The summed E-state index contributed by atoms with van der Waals surface area (Å²) in [6.07, 6.45) is -0.699. The molecule has 0 radical (unpaired) electrons. The van der Waals surface area contributed by atoms with E-state index in [0.717, 1.165) is 0 Å². The maximum Gasteiger partial charge on any atom is 0.408 e. The zero-order valence-corrected chi connectivity index (χ0v) is 14.1. The lowest BCUT2D eigenvalue weighted by Crippen LogP contribution is -2.59. The number of nitrogens with one attached hydrogen (secondary N) is 1. The zero-order chi connectivity index (χ0) is 16.7. The Morgan fingerprint density at radius 1 is 1.18 bits per heavy atom. The number of methoxy groups -OCH3 is 2. The van der Waals surface area contributed by atoms with Crippen LogP contribution in [0.3, 0.4) is 0 Å². The smallest absolute Gasteiger partial charge is 0.408 e. The first-order valence-electron chi connectivity index (χ1n) is 6.95. The van der Waals surface area contributed by atoms with Gasteiger partial charge in [-0.3, -0.25) is 4.79 Å². The number of carbonyl (C=O) groups excluding carboxylic acids is 3. The number of esters is 2. The molecule has 1 saturated carbocycles. The van der Waals surface area contributed by atoms with Gasteiger partial charge in [0.05, 0.1) is 20.1 Å². The first-order chi connectivity index (χ1) is 10.2. The van der Waals surface area contributed by atoms with Crippen LogP contribution in [-0.4, -0.2) is 54.4 Å². The Kier molecular flexibility index (Phi) is 4.34. The third kappa shape index (κ3) is 2.88. The number of carbonyl (C=O) groups is 3. The molecule has 1 amide bonds. The van der Waals surface area contributed by atoms with Crippen molar-refractivity contribution in [3.63, 3.8) is 0 Å². The van der Waals surface area contributed by atoms with Gasteiger partial charge in [0.1, 0.15) is 5.60 Å². The molecule has 124 valence electrons. The molecule has 1 aliphatic heterocycles. The van der Waals surface area contributed by atoms with E-state index in [2.05, 4.69) is 5.32 Å². The van der Waals surface area contributed by atoms with E-state index in [1.165, 1.54) is 26.0 Å². The number of hydrogen-bond acceptors (Lipinski definition) is 7. The maximum absolute atomic E-state index is 12.3.